The maximum atomic E-state index is 9.48. The number of methoxy groups -OCH3 is 1. The Balaban J connectivity index is 2.06. The van der Waals surface area contributed by atoms with Crippen LogP contribution in [0.25, 0.3) is 0 Å². The molecule has 1 saturated heterocycles. The summed E-state index contributed by atoms with van der Waals surface area (Å²) >= 11 is 0. The molecule has 1 saturated carbocycles. The molecule has 0 spiro atoms. The second kappa shape index (κ2) is 6.45. The Hall–Kier alpha value is -0.590. The van der Waals surface area contributed by atoms with Crippen molar-refractivity contribution in [3.05, 3.63) is 0 Å². The van der Waals surface area contributed by atoms with Crippen LogP contribution in [0.2, 0.25) is 0 Å². The summed E-state index contributed by atoms with van der Waals surface area (Å²) in [4.78, 5) is 2.53. The molecule has 2 fully saturated rings. The molecule has 1 heterocycles. The highest BCUT2D eigenvalue weighted by molar-refractivity contribution is 5.01. The fourth-order valence-corrected chi connectivity index (χ4v) is 3.95. The summed E-state index contributed by atoms with van der Waals surface area (Å²) < 4.78 is 5.49. The molecule has 20 heavy (non-hydrogen) atoms. The highest BCUT2D eigenvalue weighted by atomic mass is 16.5. The lowest BCUT2D eigenvalue weighted by Gasteiger charge is -2.44. The zero-order chi connectivity index (χ0) is 14.8. The van der Waals surface area contributed by atoms with E-state index in [1.54, 1.807) is 7.11 Å². The Morgan fingerprint density at radius 1 is 1.30 bits per heavy atom. The molecule has 0 aromatic heterocycles. The molecule has 0 aromatic carbocycles. The standard InChI is InChI=1S/C17H30N2O/c1-5-17(2,3)14-7-6-13(11-18)16(10-14)19-9-8-15(12-19)20-4/h13-16H,5-10,12H2,1-4H3. The van der Waals surface area contributed by atoms with Gasteiger partial charge in [0, 0.05) is 26.2 Å². The minimum atomic E-state index is 0.217. The Morgan fingerprint density at radius 2 is 2.05 bits per heavy atom. The second-order valence-electron chi connectivity index (χ2n) is 7.30. The van der Waals surface area contributed by atoms with Crippen molar-refractivity contribution in [2.24, 2.45) is 17.3 Å². The molecule has 0 bridgehead atoms. The molecule has 0 amide bonds. The zero-order valence-electron chi connectivity index (χ0n) is 13.6. The van der Waals surface area contributed by atoms with Crippen LogP contribution in [0.1, 0.15) is 52.9 Å². The van der Waals surface area contributed by atoms with Crippen molar-refractivity contribution in [3.63, 3.8) is 0 Å². The number of ether oxygens (including phenoxy) is 1. The van der Waals surface area contributed by atoms with E-state index in [0.717, 1.165) is 31.8 Å². The molecule has 0 N–H and O–H groups in total. The van der Waals surface area contributed by atoms with Crippen LogP contribution in [-0.2, 0) is 4.74 Å². The molecule has 4 unspecified atom stereocenters. The molecule has 1 aliphatic carbocycles. The van der Waals surface area contributed by atoms with Crippen LogP contribution in [0, 0.1) is 28.6 Å². The molecule has 4 atom stereocenters. The van der Waals surface area contributed by atoms with Crippen molar-refractivity contribution < 1.29 is 4.74 Å². The van der Waals surface area contributed by atoms with Crippen molar-refractivity contribution >= 4 is 0 Å². The molecule has 114 valence electrons. The van der Waals surface area contributed by atoms with Crippen LogP contribution >= 0.6 is 0 Å². The van der Waals surface area contributed by atoms with Gasteiger partial charge in [0.2, 0.25) is 0 Å². The largest absolute Gasteiger partial charge is 0.380 e. The number of likely N-dealkylation sites (tertiary alicyclic amines) is 1. The Kier molecular flexibility index (Phi) is 5.09. The van der Waals surface area contributed by atoms with Gasteiger partial charge in [-0.05, 0) is 37.0 Å². The van der Waals surface area contributed by atoms with Gasteiger partial charge >= 0.3 is 0 Å². The first-order valence-corrected chi connectivity index (χ1v) is 8.18. The third-order valence-corrected chi connectivity index (χ3v) is 5.98. The van der Waals surface area contributed by atoms with Crippen LogP contribution in [0.15, 0.2) is 0 Å². The van der Waals surface area contributed by atoms with Gasteiger partial charge in [-0.1, -0.05) is 27.2 Å². The molecule has 3 heteroatoms. The fourth-order valence-electron chi connectivity index (χ4n) is 3.95. The quantitative estimate of drug-likeness (QED) is 0.790. The molecule has 0 aromatic rings. The second-order valence-corrected chi connectivity index (χ2v) is 7.30. The monoisotopic (exact) mass is 278 g/mol. The van der Waals surface area contributed by atoms with Gasteiger partial charge < -0.3 is 4.74 Å². The van der Waals surface area contributed by atoms with Gasteiger partial charge in [-0.15, -0.1) is 0 Å². The third kappa shape index (κ3) is 3.18. The first-order valence-electron chi connectivity index (χ1n) is 8.18. The summed E-state index contributed by atoms with van der Waals surface area (Å²) in [5.74, 6) is 0.971. The van der Waals surface area contributed by atoms with Crippen molar-refractivity contribution in [2.75, 3.05) is 20.2 Å². The van der Waals surface area contributed by atoms with Gasteiger partial charge in [-0.2, -0.15) is 5.26 Å². The summed E-state index contributed by atoms with van der Waals surface area (Å²) in [6.07, 6.45) is 6.19. The molecular formula is C17H30N2O. The predicted octanol–water partition coefficient (Wildman–Crippen LogP) is 3.45. The van der Waals surface area contributed by atoms with Crippen molar-refractivity contribution in [3.8, 4) is 6.07 Å². The zero-order valence-corrected chi connectivity index (χ0v) is 13.6. The molecule has 1 aliphatic heterocycles. The Morgan fingerprint density at radius 3 is 2.60 bits per heavy atom. The minimum absolute atomic E-state index is 0.217. The molecule has 3 nitrogen and oxygen atoms in total. The average molecular weight is 278 g/mol. The first-order chi connectivity index (χ1) is 9.51. The maximum absolute atomic E-state index is 9.48. The lowest BCUT2D eigenvalue weighted by atomic mass is 9.66. The maximum Gasteiger partial charge on any atom is 0.0710 e. The van der Waals surface area contributed by atoms with Gasteiger partial charge in [-0.25, -0.2) is 0 Å². The van der Waals surface area contributed by atoms with Crippen LogP contribution in [0.4, 0.5) is 0 Å². The van der Waals surface area contributed by atoms with Crippen molar-refractivity contribution in [2.45, 2.75) is 65.0 Å². The van der Waals surface area contributed by atoms with Gasteiger partial charge in [-0.3, -0.25) is 4.90 Å². The molecule has 0 radical (unpaired) electrons. The predicted molar refractivity (Wildman–Crippen MR) is 81.3 cm³/mol. The van der Waals surface area contributed by atoms with Crippen LogP contribution in [-0.4, -0.2) is 37.2 Å². The lowest BCUT2D eigenvalue weighted by Crippen LogP contribution is -2.45. The van der Waals surface area contributed by atoms with E-state index in [2.05, 4.69) is 31.7 Å². The van der Waals surface area contributed by atoms with E-state index in [0.29, 0.717) is 17.6 Å². The summed E-state index contributed by atoms with van der Waals surface area (Å²) in [7, 11) is 1.81. The van der Waals surface area contributed by atoms with Crippen LogP contribution in [0.3, 0.4) is 0 Å². The van der Waals surface area contributed by atoms with Crippen LogP contribution < -0.4 is 0 Å². The highest BCUT2D eigenvalue weighted by Crippen LogP contribution is 2.44. The number of nitriles is 1. The van der Waals surface area contributed by atoms with Gasteiger partial charge in [0.1, 0.15) is 0 Å². The highest BCUT2D eigenvalue weighted by Gasteiger charge is 2.41. The first kappa shape index (κ1) is 15.8. The Labute approximate surface area is 124 Å². The summed E-state index contributed by atoms with van der Waals surface area (Å²) in [5.41, 5.74) is 0.402. The number of hydrogen-bond acceptors (Lipinski definition) is 3. The summed E-state index contributed by atoms with van der Waals surface area (Å²) in [6.45, 7) is 9.19. The van der Waals surface area contributed by atoms with E-state index in [1.165, 1.54) is 19.3 Å². The normalized spacial score (nSPS) is 36.0. The van der Waals surface area contributed by atoms with E-state index < -0.39 is 0 Å². The van der Waals surface area contributed by atoms with Gasteiger partial charge in [0.25, 0.3) is 0 Å². The topological polar surface area (TPSA) is 36.3 Å². The Bertz CT molecular complexity index is 360. The number of nitrogens with zero attached hydrogens (tertiary/aromatic N) is 2. The smallest absolute Gasteiger partial charge is 0.0710 e. The third-order valence-electron chi connectivity index (χ3n) is 5.98. The molecule has 2 aliphatic rings. The van der Waals surface area contributed by atoms with Crippen LogP contribution in [0.5, 0.6) is 0 Å². The lowest BCUT2D eigenvalue weighted by molar-refractivity contribution is 0.0490. The van der Waals surface area contributed by atoms with E-state index in [-0.39, 0.29) is 5.92 Å². The van der Waals surface area contributed by atoms with Crippen molar-refractivity contribution in [1.82, 2.24) is 4.90 Å². The summed E-state index contributed by atoms with van der Waals surface area (Å²) in [6, 6.07) is 3.02. The van der Waals surface area contributed by atoms with Gasteiger partial charge in [0.05, 0.1) is 18.1 Å². The summed E-state index contributed by atoms with van der Waals surface area (Å²) in [5, 5.41) is 9.48. The van der Waals surface area contributed by atoms with Gasteiger partial charge in [0.15, 0.2) is 0 Å². The number of hydrogen-bond donors (Lipinski definition) is 0. The van der Waals surface area contributed by atoms with E-state index in [4.69, 9.17) is 4.74 Å². The van der Waals surface area contributed by atoms with E-state index in [9.17, 15) is 5.26 Å². The van der Waals surface area contributed by atoms with Crippen molar-refractivity contribution in [1.29, 1.82) is 5.26 Å². The van der Waals surface area contributed by atoms with E-state index >= 15 is 0 Å². The molecule has 2 rings (SSSR count). The van der Waals surface area contributed by atoms with E-state index in [1.807, 2.05) is 0 Å². The fraction of sp³-hybridized carbons (Fsp3) is 0.941. The number of rotatable bonds is 4. The SMILES string of the molecule is CCC(C)(C)C1CCC(C#N)C(N2CCC(OC)C2)C1. The minimum Gasteiger partial charge on any atom is -0.380 e. The average Bonchev–Trinajstić information content (AvgIpc) is 2.95. The molecular weight excluding hydrogens is 248 g/mol.